The summed E-state index contributed by atoms with van der Waals surface area (Å²) in [6.07, 6.45) is 1.07. The molecule has 1 aromatic carbocycles. The molecule has 0 aliphatic carbocycles. The van der Waals surface area contributed by atoms with E-state index in [4.69, 9.17) is 0 Å². The Labute approximate surface area is 136 Å². The summed E-state index contributed by atoms with van der Waals surface area (Å²) in [4.78, 5) is 26.8. The van der Waals surface area contributed by atoms with Gasteiger partial charge in [-0.2, -0.15) is 0 Å². The Morgan fingerprint density at radius 1 is 1.33 bits per heavy atom. The minimum absolute atomic E-state index is 0.145. The van der Waals surface area contributed by atoms with E-state index in [1.807, 2.05) is 11.8 Å². The van der Waals surface area contributed by atoms with E-state index in [1.54, 1.807) is 0 Å². The van der Waals surface area contributed by atoms with Crippen LogP contribution >= 0.6 is 27.7 Å². The number of piperidine rings is 1. The molecule has 1 fully saturated rings. The predicted octanol–water partition coefficient (Wildman–Crippen LogP) is 2.29. The van der Waals surface area contributed by atoms with Crippen LogP contribution in [-0.2, 0) is 22.7 Å². The van der Waals surface area contributed by atoms with E-state index in [-0.39, 0.29) is 17.9 Å². The Morgan fingerprint density at radius 3 is 2.95 bits per heavy atom. The van der Waals surface area contributed by atoms with E-state index in [0.29, 0.717) is 12.8 Å². The molecule has 0 aromatic heterocycles. The van der Waals surface area contributed by atoms with Crippen LogP contribution < -0.4 is 5.32 Å². The van der Waals surface area contributed by atoms with Crippen molar-refractivity contribution in [2.45, 2.75) is 36.9 Å². The third-order valence-electron chi connectivity index (χ3n) is 3.95. The number of hydrogen-bond donors (Lipinski definition) is 1. The van der Waals surface area contributed by atoms with Crippen LogP contribution in [0.4, 0.5) is 0 Å². The van der Waals surface area contributed by atoms with Gasteiger partial charge >= 0.3 is 0 Å². The van der Waals surface area contributed by atoms with Gasteiger partial charge in [0, 0.05) is 35.5 Å². The van der Waals surface area contributed by atoms with Gasteiger partial charge in [-0.05, 0) is 23.6 Å². The van der Waals surface area contributed by atoms with E-state index in [9.17, 15) is 9.59 Å². The van der Waals surface area contributed by atoms with Gasteiger partial charge in [-0.15, -0.1) is 11.8 Å². The quantitative estimate of drug-likeness (QED) is 0.503. The van der Waals surface area contributed by atoms with Crippen LogP contribution in [0.1, 0.15) is 24.0 Å². The first kappa shape index (κ1) is 15.1. The highest BCUT2D eigenvalue weighted by atomic mass is 79.9. The summed E-state index contributed by atoms with van der Waals surface area (Å²) in [5, 5.41) is 3.42. The minimum Gasteiger partial charge on any atom is -0.295 e. The maximum atomic E-state index is 12.0. The summed E-state index contributed by atoms with van der Waals surface area (Å²) >= 11 is 5.31. The third kappa shape index (κ3) is 3.17. The Kier molecular flexibility index (Phi) is 4.66. The van der Waals surface area contributed by atoms with E-state index < -0.39 is 0 Å². The second-order valence-corrected chi connectivity index (χ2v) is 7.23. The van der Waals surface area contributed by atoms with Crippen LogP contribution in [-0.4, -0.2) is 33.8 Å². The fourth-order valence-corrected chi connectivity index (χ4v) is 4.28. The van der Waals surface area contributed by atoms with Gasteiger partial charge in [0.15, 0.2) is 0 Å². The molecule has 1 saturated heterocycles. The molecule has 0 bridgehead atoms. The van der Waals surface area contributed by atoms with Gasteiger partial charge in [0.25, 0.3) is 0 Å². The first-order valence-electron chi connectivity index (χ1n) is 7.06. The molecule has 4 nitrogen and oxygen atoms in total. The van der Waals surface area contributed by atoms with E-state index in [2.05, 4.69) is 44.3 Å². The molecule has 0 saturated carbocycles. The summed E-state index contributed by atoms with van der Waals surface area (Å²) in [5.74, 6) is 0.741. The molecule has 3 rings (SSSR count). The van der Waals surface area contributed by atoms with Crippen LogP contribution in [0.25, 0.3) is 0 Å². The topological polar surface area (TPSA) is 49.4 Å². The van der Waals surface area contributed by atoms with E-state index in [1.165, 1.54) is 16.0 Å². The van der Waals surface area contributed by atoms with Crippen LogP contribution in [0.5, 0.6) is 0 Å². The summed E-state index contributed by atoms with van der Waals surface area (Å²) in [6.45, 7) is 1.59. The van der Waals surface area contributed by atoms with Gasteiger partial charge in [-0.25, -0.2) is 0 Å². The molecule has 2 amide bonds. The van der Waals surface area contributed by atoms with Crippen molar-refractivity contribution in [3.63, 3.8) is 0 Å². The first-order chi connectivity index (χ1) is 10.2. The number of carbonyl (C=O) groups is 2. The van der Waals surface area contributed by atoms with Gasteiger partial charge in [0.05, 0.1) is 6.04 Å². The van der Waals surface area contributed by atoms with Crippen molar-refractivity contribution in [1.29, 1.82) is 0 Å². The lowest BCUT2D eigenvalue weighted by atomic mass is 10.0. The van der Waals surface area contributed by atoms with Crippen molar-refractivity contribution in [1.82, 2.24) is 10.2 Å². The Morgan fingerprint density at radius 2 is 2.19 bits per heavy atom. The lowest BCUT2D eigenvalue weighted by molar-refractivity contribution is -0.137. The zero-order valence-corrected chi connectivity index (χ0v) is 14.0. The first-order valence-corrected chi connectivity index (χ1v) is 9.17. The Balaban J connectivity index is 1.75. The molecule has 6 heteroatoms. The van der Waals surface area contributed by atoms with Gasteiger partial charge in [-0.3, -0.25) is 19.8 Å². The minimum atomic E-state index is -0.177. The second kappa shape index (κ2) is 6.50. The summed E-state index contributed by atoms with van der Waals surface area (Å²) in [7, 11) is 0. The maximum Gasteiger partial charge on any atom is 0.243 e. The van der Waals surface area contributed by atoms with E-state index in [0.717, 1.165) is 24.2 Å². The van der Waals surface area contributed by atoms with Gasteiger partial charge < -0.3 is 0 Å². The predicted molar refractivity (Wildman–Crippen MR) is 86.4 cm³/mol. The van der Waals surface area contributed by atoms with Gasteiger partial charge in [0.2, 0.25) is 11.8 Å². The fourth-order valence-electron chi connectivity index (χ4n) is 2.95. The molecule has 1 aromatic rings. The van der Waals surface area contributed by atoms with Crippen LogP contribution in [0.3, 0.4) is 0 Å². The standard InChI is InChI=1S/C15H17BrN2O2S/c16-6-7-21-13-3-1-2-10-8-18(9-11(10)13)12-4-5-14(19)17-15(12)20/h1-3,12H,4-9H2,(H,17,19,20). The summed E-state index contributed by atoms with van der Waals surface area (Å²) < 4.78 is 0. The number of halogens is 1. The molecule has 21 heavy (non-hydrogen) atoms. The molecular weight excluding hydrogens is 352 g/mol. The SMILES string of the molecule is O=C1CCC(N2Cc3cccc(SCCBr)c3C2)C(=O)N1. The van der Waals surface area contributed by atoms with Crippen LogP contribution in [0.15, 0.2) is 23.1 Å². The lowest BCUT2D eigenvalue weighted by Crippen LogP contribution is -2.50. The number of thioether (sulfide) groups is 1. The number of imide groups is 1. The van der Waals surface area contributed by atoms with Gasteiger partial charge in [0.1, 0.15) is 0 Å². The molecule has 2 aliphatic heterocycles. The zero-order chi connectivity index (χ0) is 14.8. The molecular formula is C15H17BrN2O2S. The molecule has 1 atom stereocenters. The van der Waals surface area contributed by atoms with Crippen LogP contribution in [0, 0.1) is 0 Å². The number of nitrogens with zero attached hydrogens (tertiary/aromatic N) is 1. The second-order valence-electron chi connectivity index (χ2n) is 5.30. The number of fused-ring (bicyclic) bond motifs is 1. The highest BCUT2D eigenvalue weighted by Gasteiger charge is 2.35. The number of nitrogens with one attached hydrogen (secondary N) is 1. The normalized spacial score (nSPS) is 22.2. The van der Waals surface area contributed by atoms with Gasteiger partial charge in [-0.1, -0.05) is 28.1 Å². The van der Waals surface area contributed by atoms with Crippen molar-refractivity contribution in [2.24, 2.45) is 0 Å². The molecule has 2 heterocycles. The Hall–Kier alpha value is -0.850. The van der Waals surface area contributed by atoms with Crippen LogP contribution in [0.2, 0.25) is 0 Å². The number of hydrogen-bond acceptors (Lipinski definition) is 4. The highest BCUT2D eigenvalue weighted by Crippen LogP contribution is 2.34. The monoisotopic (exact) mass is 368 g/mol. The fraction of sp³-hybridized carbons (Fsp3) is 0.467. The largest absolute Gasteiger partial charge is 0.295 e. The lowest BCUT2D eigenvalue weighted by Gasteiger charge is -2.29. The molecule has 1 unspecified atom stereocenters. The number of amides is 2. The van der Waals surface area contributed by atoms with Crippen molar-refractivity contribution >= 4 is 39.5 Å². The maximum absolute atomic E-state index is 12.0. The highest BCUT2D eigenvalue weighted by molar-refractivity contribution is 9.09. The average molecular weight is 369 g/mol. The molecule has 112 valence electrons. The Bertz CT molecular complexity index is 579. The zero-order valence-electron chi connectivity index (χ0n) is 11.6. The smallest absolute Gasteiger partial charge is 0.243 e. The van der Waals surface area contributed by atoms with E-state index >= 15 is 0 Å². The van der Waals surface area contributed by atoms with Crippen molar-refractivity contribution < 1.29 is 9.59 Å². The summed E-state index contributed by atoms with van der Waals surface area (Å²) in [6, 6.07) is 6.20. The number of alkyl halides is 1. The van der Waals surface area contributed by atoms with Crippen molar-refractivity contribution in [3.05, 3.63) is 29.3 Å². The van der Waals surface area contributed by atoms with Crippen molar-refractivity contribution in [2.75, 3.05) is 11.1 Å². The molecule has 0 spiro atoms. The average Bonchev–Trinajstić information content (AvgIpc) is 2.89. The third-order valence-corrected chi connectivity index (χ3v) is 5.97. The molecule has 0 radical (unpaired) electrons. The number of carbonyl (C=O) groups excluding carboxylic acids is 2. The number of benzene rings is 1. The number of rotatable bonds is 4. The van der Waals surface area contributed by atoms with Crippen molar-refractivity contribution in [3.8, 4) is 0 Å². The molecule has 2 aliphatic rings. The molecule has 1 N–H and O–H groups in total. The summed E-state index contributed by atoms with van der Waals surface area (Å²) in [5.41, 5.74) is 2.65.